The van der Waals surface area contributed by atoms with Crippen molar-refractivity contribution in [3.8, 4) is 17.5 Å². The molecule has 0 saturated carbocycles. The Morgan fingerprint density at radius 1 is 1.16 bits per heavy atom. The van der Waals surface area contributed by atoms with Crippen molar-refractivity contribution in [2.45, 2.75) is 20.4 Å². The van der Waals surface area contributed by atoms with E-state index in [0.29, 0.717) is 5.69 Å². The standard InChI is InChI=1S/C20H19N3O2/c1-15-4-3-5-17(12-15)6-7-18-14-23(16(2)21-18)19-8-9-22(10-11-24)20(25)13-19/h3-5,8-9,12-14,24H,10-11H2,1-2H3. The summed E-state index contributed by atoms with van der Waals surface area (Å²) in [7, 11) is 0. The maximum absolute atomic E-state index is 12.1. The van der Waals surface area contributed by atoms with Crippen molar-refractivity contribution in [2.24, 2.45) is 0 Å². The number of hydrogen-bond donors (Lipinski definition) is 1. The van der Waals surface area contributed by atoms with Crippen LogP contribution in [-0.4, -0.2) is 25.8 Å². The monoisotopic (exact) mass is 333 g/mol. The summed E-state index contributed by atoms with van der Waals surface area (Å²) in [4.78, 5) is 16.5. The molecule has 25 heavy (non-hydrogen) atoms. The lowest BCUT2D eigenvalue weighted by atomic mass is 10.1. The van der Waals surface area contributed by atoms with Crippen molar-refractivity contribution < 1.29 is 5.11 Å². The highest BCUT2D eigenvalue weighted by Crippen LogP contribution is 2.10. The lowest BCUT2D eigenvalue weighted by Crippen LogP contribution is -2.21. The van der Waals surface area contributed by atoms with Crippen LogP contribution in [0.1, 0.15) is 22.6 Å². The van der Waals surface area contributed by atoms with Gasteiger partial charge in [-0.1, -0.05) is 18.1 Å². The Labute approximate surface area is 146 Å². The Balaban J connectivity index is 1.91. The van der Waals surface area contributed by atoms with E-state index in [2.05, 4.69) is 16.8 Å². The number of rotatable bonds is 3. The van der Waals surface area contributed by atoms with Crippen LogP contribution in [0.15, 0.2) is 53.6 Å². The molecule has 0 radical (unpaired) electrons. The fourth-order valence-corrected chi connectivity index (χ4v) is 2.59. The molecule has 0 atom stereocenters. The summed E-state index contributed by atoms with van der Waals surface area (Å²) >= 11 is 0. The molecule has 0 aliphatic carbocycles. The molecule has 0 saturated heterocycles. The minimum Gasteiger partial charge on any atom is -0.395 e. The van der Waals surface area contributed by atoms with Gasteiger partial charge in [-0.3, -0.25) is 4.79 Å². The second-order valence-electron chi connectivity index (χ2n) is 5.80. The number of imidazole rings is 1. The minimum atomic E-state index is -0.160. The van der Waals surface area contributed by atoms with Gasteiger partial charge in [-0.2, -0.15) is 0 Å². The van der Waals surface area contributed by atoms with Gasteiger partial charge in [-0.05, 0) is 43.5 Å². The van der Waals surface area contributed by atoms with Crippen molar-refractivity contribution >= 4 is 0 Å². The Kier molecular flexibility index (Phi) is 4.82. The van der Waals surface area contributed by atoms with Gasteiger partial charge >= 0.3 is 0 Å². The van der Waals surface area contributed by atoms with Gasteiger partial charge < -0.3 is 14.2 Å². The largest absolute Gasteiger partial charge is 0.395 e. The number of aliphatic hydroxyl groups is 1. The van der Waals surface area contributed by atoms with Crippen LogP contribution < -0.4 is 5.56 Å². The molecule has 1 aromatic carbocycles. The molecule has 0 aliphatic rings. The number of aryl methyl sites for hydroxylation is 2. The number of benzene rings is 1. The fraction of sp³-hybridized carbons (Fsp3) is 0.200. The summed E-state index contributed by atoms with van der Waals surface area (Å²) in [5.74, 6) is 6.94. The third-order valence-electron chi connectivity index (χ3n) is 3.83. The summed E-state index contributed by atoms with van der Waals surface area (Å²) in [6.45, 7) is 4.12. The van der Waals surface area contributed by atoms with E-state index in [1.165, 1.54) is 10.6 Å². The maximum Gasteiger partial charge on any atom is 0.252 e. The lowest BCUT2D eigenvalue weighted by Gasteiger charge is -2.07. The zero-order valence-corrected chi connectivity index (χ0v) is 14.2. The molecule has 5 nitrogen and oxygen atoms in total. The van der Waals surface area contributed by atoms with Gasteiger partial charge in [0.05, 0.1) is 12.3 Å². The van der Waals surface area contributed by atoms with Crippen LogP contribution in [0.5, 0.6) is 0 Å². The van der Waals surface area contributed by atoms with Crippen molar-refractivity contribution in [1.29, 1.82) is 0 Å². The van der Waals surface area contributed by atoms with E-state index < -0.39 is 0 Å². The van der Waals surface area contributed by atoms with Crippen LogP contribution in [0.25, 0.3) is 5.69 Å². The second kappa shape index (κ2) is 7.20. The quantitative estimate of drug-likeness (QED) is 0.746. The number of nitrogens with zero attached hydrogens (tertiary/aromatic N) is 3. The first-order valence-corrected chi connectivity index (χ1v) is 8.03. The molecular weight excluding hydrogens is 314 g/mol. The van der Waals surface area contributed by atoms with E-state index in [9.17, 15) is 4.79 Å². The van der Waals surface area contributed by atoms with Crippen LogP contribution >= 0.6 is 0 Å². The maximum atomic E-state index is 12.1. The molecule has 0 bridgehead atoms. The highest BCUT2D eigenvalue weighted by Gasteiger charge is 2.06. The normalized spacial score (nSPS) is 10.4. The van der Waals surface area contributed by atoms with Gasteiger partial charge in [0, 0.05) is 30.6 Å². The molecule has 0 aliphatic heterocycles. The molecule has 2 heterocycles. The van der Waals surface area contributed by atoms with E-state index in [1.807, 2.05) is 54.9 Å². The molecule has 0 spiro atoms. The predicted molar refractivity (Wildman–Crippen MR) is 96.8 cm³/mol. The van der Waals surface area contributed by atoms with E-state index >= 15 is 0 Å². The fourth-order valence-electron chi connectivity index (χ4n) is 2.59. The van der Waals surface area contributed by atoms with Gasteiger partial charge in [-0.15, -0.1) is 0 Å². The molecular formula is C20H19N3O2. The SMILES string of the molecule is Cc1cccc(C#Cc2cn(-c3ccn(CCO)c(=O)c3)c(C)n2)c1. The number of aromatic nitrogens is 3. The van der Waals surface area contributed by atoms with Crippen molar-refractivity contribution in [3.05, 3.63) is 81.8 Å². The van der Waals surface area contributed by atoms with Gasteiger partial charge in [0.15, 0.2) is 0 Å². The van der Waals surface area contributed by atoms with E-state index in [4.69, 9.17) is 5.11 Å². The molecule has 3 aromatic rings. The molecule has 126 valence electrons. The summed E-state index contributed by atoms with van der Waals surface area (Å²) in [6, 6.07) is 11.3. The Hall–Kier alpha value is -3.10. The summed E-state index contributed by atoms with van der Waals surface area (Å²) < 4.78 is 3.30. The molecule has 0 unspecified atom stereocenters. The first-order chi connectivity index (χ1) is 12.1. The minimum absolute atomic E-state index is 0.0674. The third-order valence-corrected chi connectivity index (χ3v) is 3.83. The van der Waals surface area contributed by atoms with Gasteiger partial charge in [0.25, 0.3) is 5.56 Å². The summed E-state index contributed by atoms with van der Waals surface area (Å²) in [5.41, 5.74) is 3.33. The smallest absolute Gasteiger partial charge is 0.252 e. The molecule has 3 rings (SSSR count). The van der Waals surface area contributed by atoms with Crippen molar-refractivity contribution in [3.63, 3.8) is 0 Å². The molecule has 5 heteroatoms. The Morgan fingerprint density at radius 3 is 2.72 bits per heavy atom. The van der Waals surface area contributed by atoms with Crippen LogP contribution in [-0.2, 0) is 6.54 Å². The number of aliphatic hydroxyl groups excluding tert-OH is 1. The van der Waals surface area contributed by atoms with E-state index in [-0.39, 0.29) is 18.7 Å². The molecule has 1 N–H and O–H groups in total. The summed E-state index contributed by atoms with van der Waals surface area (Å²) in [5, 5.41) is 8.96. The van der Waals surface area contributed by atoms with Gasteiger partial charge in [0.1, 0.15) is 11.5 Å². The van der Waals surface area contributed by atoms with Crippen molar-refractivity contribution in [2.75, 3.05) is 6.61 Å². The predicted octanol–water partition coefficient (Wildman–Crippen LogP) is 2.04. The highest BCUT2D eigenvalue weighted by molar-refractivity contribution is 5.42. The Morgan fingerprint density at radius 2 is 2.00 bits per heavy atom. The van der Waals surface area contributed by atoms with Crippen LogP contribution in [0.4, 0.5) is 0 Å². The number of pyridine rings is 1. The van der Waals surface area contributed by atoms with E-state index in [1.54, 1.807) is 6.20 Å². The highest BCUT2D eigenvalue weighted by atomic mass is 16.3. The summed E-state index contributed by atoms with van der Waals surface area (Å²) in [6.07, 6.45) is 3.49. The molecule has 2 aromatic heterocycles. The molecule has 0 amide bonds. The zero-order valence-electron chi connectivity index (χ0n) is 14.2. The van der Waals surface area contributed by atoms with E-state index in [0.717, 1.165) is 22.6 Å². The molecule has 0 fully saturated rings. The average molecular weight is 333 g/mol. The third kappa shape index (κ3) is 3.87. The average Bonchev–Trinajstić information content (AvgIpc) is 2.96. The topological polar surface area (TPSA) is 60.0 Å². The lowest BCUT2D eigenvalue weighted by molar-refractivity contribution is 0.274. The van der Waals surface area contributed by atoms with Crippen LogP contribution in [0.2, 0.25) is 0 Å². The van der Waals surface area contributed by atoms with Crippen LogP contribution in [0, 0.1) is 25.7 Å². The zero-order chi connectivity index (χ0) is 17.8. The van der Waals surface area contributed by atoms with Crippen LogP contribution in [0.3, 0.4) is 0 Å². The van der Waals surface area contributed by atoms with Gasteiger partial charge in [0.2, 0.25) is 0 Å². The second-order valence-corrected chi connectivity index (χ2v) is 5.80. The Bertz CT molecular complexity index is 1020. The first kappa shape index (κ1) is 16.7. The number of hydrogen-bond acceptors (Lipinski definition) is 3. The van der Waals surface area contributed by atoms with Crippen molar-refractivity contribution in [1.82, 2.24) is 14.1 Å². The first-order valence-electron chi connectivity index (χ1n) is 8.03. The van der Waals surface area contributed by atoms with Gasteiger partial charge in [-0.25, -0.2) is 4.98 Å².